The molecule has 0 saturated carbocycles. The fourth-order valence-corrected chi connectivity index (χ4v) is 3.99. The third-order valence-corrected chi connectivity index (χ3v) is 5.64. The largest absolute Gasteiger partial charge is 0.343 e. The van der Waals surface area contributed by atoms with Gasteiger partial charge in [0.1, 0.15) is 6.54 Å². The number of rotatable bonds is 10. The van der Waals surface area contributed by atoms with Gasteiger partial charge in [-0.05, 0) is 38.3 Å². The number of likely N-dealkylation sites (N-methyl/N-ethyl adjacent to an activating group) is 1. The Morgan fingerprint density at radius 3 is 2.39 bits per heavy atom. The van der Waals surface area contributed by atoms with E-state index in [1.165, 1.54) is 11.3 Å². The highest BCUT2D eigenvalue weighted by atomic mass is 32.1. The van der Waals surface area contributed by atoms with Gasteiger partial charge in [-0.15, -0.1) is 11.3 Å². The molecule has 1 heterocycles. The predicted molar refractivity (Wildman–Crippen MR) is 124 cm³/mol. The van der Waals surface area contributed by atoms with Gasteiger partial charge < -0.3 is 15.1 Å². The molecule has 1 aromatic heterocycles. The van der Waals surface area contributed by atoms with E-state index in [1.54, 1.807) is 21.2 Å². The molecule has 0 aliphatic rings. The van der Waals surface area contributed by atoms with E-state index in [-0.39, 0.29) is 36.6 Å². The smallest absolute Gasteiger partial charge is 0.254 e. The minimum atomic E-state index is -0.307. The normalized spacial score (nSPS) is 10.8. The molecule has 0 unspecified atom stereocenters. The number of aromatic nitrogens is 1. The Kier molecular flexibility index (Phi) is 9.18. The first-order valence-corrected chi connectivity index (χ1v) is 11.5. The number of aryl methyl sites for hydroxylation is 1. The van der Waals surface area contributed by atoms with E-state index in [2.05, 4.69) is 10.3 Å². The predicted octanol–water partition coefficient (Wildman–Crippen LogP) is 3.60. The van der Waals surface area contributed by atoms with E-state index < -0.39 is 0 Å². The highest BCUT2D eigenvalue weighted by Crippen LogP contribution is 2.17. The van der Waals surface area contributed by atoms with Gasteiger partial charge in [0.25, 0.3) is 5.91 Å². The number of nitrogens with zero attached hydrogens (tertiary/aromatic N) is 3. The molecule has 1 aromatic carbocycles. The lowest BCUT2D eigenvalue weighted by molar-refractivity contribution is -0.130. The van der Waals surface area contributed by atoms with Crippen molar-refractivity contribution in [1.29, 1.82) is 0 Å². The van der Waals surface area contributed by atoms with Gasteiger partial charge in [-0.1, -0.05) is 32.0 Å². The van der Waals surface area contributed by atoms with Crippen LogP contribution in [-0.2, 0) is 16.0 Å². The quantitative estimate of drug-likeness (QED) is 0.607. The van der Waals surface area contributed by atoms with Crippen LogP contribution in [0.5, 0.6) is 0 Å². The number of carbonyl (C=O) groups is 3. The van der Waals surface area contributed by atoms with Crippen LogP contribution in [0.3, 0.4) is 0 Å². The maximum Gasteiger partial charge on any atom is 0.254 e. The Hall–Kier alpha value is -2.74. The molecular formula is C23H32N4O3S. The number of hydrogen-bond donors (Lipinski definition) is 1. The highest BCUT2D eigenvalue weighted by molar-refractivity contribution is 7.13. The number of amides is 3. The van der Waals surface area contributed by atoms with Crippen LogP contribution in [0.15, 0.2) is 29.6 Å². The van der Waals surface area contributed by atoms with Crippen molar-refractivity contribution < 1.29 is 14.4 Å². The number of nitrogens with one attached hydrogen (secondary N) is 1. The molecule has 0 aliphatic carbocycles. The van der Waals surface area contributed by atoms with Crippen molar-refractivity contribution in [2.24, 2.45) is 5.92 Å². The number of hydrogen-bond acceptors (Lipinski definition) is 5. The number of anilines is 1. The second-order valence-electron chi connectivity index (χ2n) is 7.83. The standard InChI is InChI=1S/C23H32N4O3S/c1-6-26(7-2)21(29)12-18-15-31-23(24-18)25-20(28)14-27(13-16(3)4)22(30)19-11-9-8-10-17(19)5/h8-11,15-16H,6-7,12-14H2,1-5H3,(H,24,25,28). The van der Waals surface area contributed by atoms with Gasteiger partial charge in [0.2, 0.25) is 11.8 Å². The van der Waals surface area contributed by atoms with Crippen molar-refractivity contribution >= 4 is 34.2 Å². The molecule has 0 bridgehead atoms. The SMILES string of the molecule is CCN(CC)C(=O)Cc1csc(NC(=O)CN(CC(C)C)C(=O)c2ccccc2C)n1. The third-order valence-electron chi connectivity index (χ3n) is 4.83. The van der Waals surface area contributed by atoms with E-state index in [0.717, 1.165) is 5.56 Å². The van der Waals surface area contributed by atoms with Crippen molar-refractivity contribution in [1.82, 2.24) is 14.8 Å². The minimum Gasteiger partial charge on any atom is -0.343 e. The molecule has 0 aliphatic heterocycles. The van der Waals surface area contributed by atoms with Gasteiger partial charge in [-0.25, -0.2) is 4.98 Å². The van der Waals surface area contributed by atoms with Gasteiger partial charge in [0, 0.05) is 30.6 Å². The Bertz CT molecular complexity index is 906. The lowest BCUT2D eigenvalue weighted by Gasteiger charge is -2.24. The number of thiazole rings is 1. The minimum absolute atomic E-state index is 0.0140. The highest BCUT2D eigenvalue weighted by Gasteiger charge is 2.22. The molecule has 0 atom stereocenters. The van der Waals surface area contributed by atoms with Gasteiger partial charge in [-0.2, -0.15) is 0 Å². The molecule has 7 nitrogen and oxygen atoms in total. The Morgan fingerprint density at radius 1 is 1.10 bits per heavy atom. The second kappa shape index (κ2) is 11.6. The summed E-state index contributed by atoms with van der Waals surface area (Å²) >= 11 is 1.28. The molecule has 31 heavy (non-hydrogen) atoms. The van der Waals surface area contributed by atoms with Crippen molar-refractivity contribution in [2.45, 2.75) is 41.0 Å². The maximum absolute atomic E-state index is 13.0. The van der Waals surface area contributed by atoms with Crippen molar-refractivity contribution in [3.63, 3.8) is 0 Å². The summed E-state index contributed by atoms with van der Waals surface area (Å²) in [6.07, 6.45) is 0.208. The molecular weight excluding hydrogens is 412 g/mol. The first-order chi connectivity index (χ1) is 14.7. The summed E-state index contributed by atoms with van der Waals surface area (Å²) in [7, 11) is 0. The summed E-state index contributed by atoms with van der Waals surface area (Å²) in [5.74, 6) is -0.233. The molecule has 0 saturated heterocycles. The lowest BCUT2D eigenvalue weighted by Crippen LogP contribution is -2.40. The van der Waals surface area contributed by atoms with Crippen LogP contribution in [-0.4, -0.2) is 58.7 Å². The zero-order valence-corrected chi connectivity index (χ0v) is 19.8. The molecule has 168 valence electrons. The van der Waals surface area contributed by atoms with Gasteiger partial charge >= 0.3 is 0 Å². The Labute approximate surface area is 188 Å². The van der Waals surface area contributed by atoms with Crippen molar-refractivity contribution in [3.05, 3.63) is 46.5 Å². The second-order valence-corrected chi connectivity index (χ2v) is 8.69. The maximum atomic E-state index is 13.0. The fraction of sp³-hybridized carbons (Fsp3) is 0.478. The van der Waals surface area contributed by atoms with E-state index in [4.69, 9.17) is 0 Å². The first-order valence-electron chi connectivity index (χ1n) is 10.6. The van der Waals surface area contributed by atoms with Gasteiger partial charge in [0.15, 0.2) is 5.13 Å². The molecule has 0 fully saturated rings. The molecule has 2 rings (SSSR count). The average molecular weight is 445 g/mol. The fourth-order valence-electron chi connectivity index (χ4n) is 3.26. The van der Waals surface area contributed by atoms with Crippen molar-refractivity contribution in [2.75, 3.05) is 31.5 Å². The molecule has 2 aromatic rings. The van der Waals surface area contributed by atoms with Crippen LogP contribution in [0, 0.1) is 12.8 Å². The summed E-state index contributed by atoms with van der Waals surface area (Å²) in [6, 6.07) is 7.38. The summed E-state index contributed by atoms with van der Waals surface area (Å²) in [5.41, 5.74) is 2.11. The number of benzene rings is 1. The van der Waals surface area contributed by atoms with Crippen LogP contribution < -0.4 is 5.32 Å². The van der Waals surface area contributed by atoms with Crippen LogP contribution in [0.1, 0.15) is 49.3 Å². The summed E-state index contributed by atoms with van der Waals surface area (Å²) in [5, 5.41) is 4.98. The summed E-state index contributed by atoms with van der Waals surface area (Å²) < 4.78 is 0. The molecule has 0 spiro atoms. The first kappa shape index (κ1) is 24.5. The van der Waals surface area contributed by atoms with Crippen LogP contribution >= 0.6 is 11.3 Å². The van der Waals surface area contributed by atoms with Gasteiger partial charge in [0.05, 0.1) is 12.1 Å². The van der Waals surface area contributed by atoms with E-state index in [0.29, 0.717) is 36.0 Å². The van der Waals surface area contributed by atoms with E-state index in [1.807, 2.05) is 52.8 Å². The monoisotopic (exact) mass is 444 g/mol. The van der Waals surface area contributed by atoms with E-state index in [9.17, 15) is 14.4 Å². The lowest BCUT2D eigenvalue weighted by atomic mass is 10.1. The summed E-state index contributed by atoms with van der Waals surface area (Å²) in [4.78, 5) is 45.6. The Morgan fingerprint density at radius 2 is 1.77 bits per heavy atom. The Balaban J connectivity index is 2.03. The molecule has 3 amide bonds. The average Bonchev–Trinajstić information content (AvgIpc) is 3.14. The van der Waals surface area contributed by atoms with Gasteiger partial charge in [-0.3, -0.25) is 14.4 Å². The zero-order valence-electron chi connectivity index (χ0n) is 19.0. The molecule has 0 radical (unpaired) electrons. The zero-order chi connectivity index (χ0) is 23.0. The summed E-state index contributed by atoms with van der Waals surface area (Å²) in [6.45, 7) is 11.5. The number of carbonyl (C=O) groups excluding carboxylic acids is 3. The topological polar surface area (TPSA) is 82.6 Å². The molecule has 8 heteroatoms. The van der Waals surface area contributed by atoms with Crippen LogP contribution in [0.2, 0.25) is 0 Å². The van der Waals surface area contributed by atoms with E-state index >= 15 is 0 Å². The van der Waals surface area contributed by atoms with Crippen LogP contribution in [0.25, 0.3) is 0 Å². The molecule has 1 N–H and O–H groups in total. The van der Waals surface area contributed by atoms with Crippen molar-refractivity contribution in [3.8, 4) is 0 Å². The third kappa shape index (κ3) is 7.17. The van der Waals surface area contributed by atoms with Crippen LogP contribution in [0.4, 0.5) is 5.13 Å².